The summed E-state index contributed by atoms with van der Waals surface area (Å²) in [4.78, 5) is 21.7. The molecule has 7 nitrogen and oxygen atoms in total. The number of nitrogens with zero attached hydrogens (tertiary/aromatic N) is 4. The average molecular weight is 468 g/mol. The van der Waals surface area contributed by atoms with Gasteiger partial charge < -0.3 is 14.8 Å². The quantitative estimate of drug-likeness (QED) is 0.341. The molecule has 34 heavy (non-hydrogen) atoms. The molecule has 0 spiro atoms. The first-order valence-corrected chi connectivity index (χ1v) is 11.4. The lowest BCUT2D eigenvalue weighted by atomic mass is 10.0. The van der Waals surface area contributed by atoms with Crippen LogP contribution in [-0.2, 0) is 0 Å². The van der Waals surface area contributed by atoms with Crippen LogP contribution in [0.25, 0.3) is 34.0 Å². The fraction of sp³-hybridized carbons (Fsp3) is 0.308. The fourth-order valence-corrected chi connectivity index (χ4v) is 3.98. The smallest absolute Gasteiger partial charge is 0.250 e. The van der Waals surface area contributed by atoms with Crippen molar-refractivity contribution in [2.75, 3.05) is 6.67 Å². The summed E-state index contributed by atoms with van der Waals surface area (Å²) in [6, 6.07) is 11.8. The molecule has 3 heterocycles. The molecule has 1 unspecified atom stereocenters. The number of aromatic nitrogens is 4. The van der Waals surface area contributed by atoms with Crippen molar-refractivity contribution in [1.82, 2.24) is 19.7 Å². The van der Waals surface area contributed by atoms with Gasteiger partial charge in [0.2, 0.25) is 0 Å². The van der Waals surface area contributed by atoms with Crippen molar-refractivity contribution in [2.24, 2.45) is 5.73 Å². The predicted molar refractivity (Wildman–Crippen MR) is 136 cm³/mol. The maximum absolute atomic E-state index is 13.0. The monoisotopic (exact) mass is 467 g/mol. The van der Waals surface area contributed by atoms with E-state index in [2.05, 4.69) is 24.0 Å². The van der Waals surface area contributed by atoms with Crippen molar-refractivity contribution in [3.8, 4) is 34.0 Å². The lowest BCUT2D eigenvalue weighted by molar-refractivity contribution is 0.433. The Bertz CT molecular complexity index is 1360. The highest BCUT2D eigenvalue weighted by Gasteiger charge is 2.17. The second-order valence-electron chi connectivity index (χ2n) is 8.29. The van der Waals surface area contributed by atoms with Crippen LogP contribution in [0.5, 0.6) is 0 Å². The van der Waals surface area contributed by atoms with E-state index in [-0.39, 0.29) is 15.9 Å². The van der Waals surface area contributed by atoms with E-state index in [9.17, 15) is 9.18 Å². The molecule has 0 aliphatic rings. The summed E-state index contributed by atoms with van der Waals surface area (Å²) in [6.45, 7) is 5.35. The molecule has 2 N–H and O–H groups in total. The van der Waals surface area contributed by atoms with Crippen LogP contribution in [0.1, 0.15) is 54.3 Å². The normalized spacial score (nSPS) is 12.3. The number of alkyl halides is 1. The largest absolute Gasteiger partial charge is 0.354 e. The molecule has 1 aromatic carbocycles. The highest BCUT2D eigenvalue weighted by molar-refractivity contribution is 5.68. The summed E-state index contributed by atoms with van der Waals surface area (Å²) in [5.41, 5.74) is 10.5. The van der Waals surface area contributed by atoms with E-state index in [0.717, 1.165) is 24.0 Å². The molecule has 0 saturated carbocycles. The molecule has 4 rings (SSSR count). The third-order valence-corrected chi connectivity index (χ3v) is 6.05. The van der Waals surface area contributed by atoms with E-state index in [1.165, 1.54) is 0 Å². The molecule has 182 valence electrons. The summed E-state index contributed by atoms with van der Waals surface area (Å²) in [5.74, 6) is 0.468. The standard InChI is InChI=1S/C26H28FN5O2.3H2/c1-4-20(5-2)32-15-19(9-10-25(32)33)23-14-29-16(3)26(30-23)24-12-22(31-34-24)18-8-6-7-17(11-18)21(28)13-27;;;/h6-12,14-15,20-21H,4-5,13,28H2,1-3H3;3*1H. The van der Waals surface area contributed by atoms with Gasteiger partial charge in [-0.05, 0) is 37.5 Å². The van der Waals surface area contributed by atoms with Gasteiger partial charge in [-0.1, -0.05) is 37.2 Å². The molecule has 1 atom stereocenters. The van der Waals surface area contributed by atoms with E-state index in [0.29, 0.717) is 34.1 Å². The molecule has 0 fully saturated rings. The van der Waals surface area contributed by atoms with Crippen LogP contribution in [0.4, 0.5) is 4.39 Å². The first-order valence-electron chi connectivity index (χ1n) is 11.4. The maximum Gasteiger partial charge on any atom is 0.250 e. The van der Waals surface area contributed by atoms with Gasteiger partial charge in [0, 0.05) is 39.8 Å². The van der Waals surface area contributed by atoms with E-state index < -0.39 is 12.7 Å². The van der Waals surface area contributed by atoms with Crippen molar-refractivity contribution in [1.29, 1.82) is 0 Å². The summed E-state index contributed by atoms with van der Waals surface area (Å²) < 4.78 is 20.4. The molecule has 0 aliphatic heterocycles. The van der Waals surface area contributed by atoms with Crippen LogP contribution in [0, 0.1) is 6.92 Å². The lowest BCUT2D eigenvalue weighted by Gasteiger charge is -2.17. The summed E-state index contributed by atoms with van der Waals surface area (Å²) in [6.07, 6.45) is 5.26. The molecule has 0 saturated heterocycles. The zero-order valence-corrected chi connectivity index (χ0v) is 19.5. The first-order chi connectivity index (χ1) is 16.4. The zero-order chi connectivity index (χ0) is 24.2. The van der Waals surface area contributed by atoms with Gasteiger partial charge in [0.1, 0.15) is 18.1 Å². The Morgan fingerprint density at radius 3 is 2.65 bits per heavy atom. The van der Waals surface area contributed by atoms with Crippen molar-refractivity contribution in [2.45, 2.75) is 45.7 Å². The van der Waals surface area contributed by atoms with Crippen LogP contribution in [-0.4, -0.2) is 26.4 Å². The molecule has 0 amide bonds. The summed E-state index contributed by atoms with van der Waals surface area (Å²) in [7, 11) is 0. The van der Waals surface area contributed by atoms with Gasteiger partial charge in [0.25, 0.3) is 5.56 Å². The number of hydrogen-bond acceptors (Lipinski definition) is 6. The molecular formula is C26H34FN5O2. The molecule has 0 bridgehead atoms. The minimum Gasteiger partial charge on any atom is -0.354 e. The molecule has 0 radical (unpaired) electrons. The van der Waals surface area contributed by atoms with Gasteiger partial charge >= 0.3 is 0 Å². The third kappa shape index (κ3) is 4.68. The zero-order valence-electron chi connectivity index (χ0n) is 19.5. The highest BCUT2D eigenvalue weighted by Crippen LogP contribution is 2.29. The minimum absolute atomic E-state index is 0. The molecular weight excluding hydrogens is 433 g/mol. The van der Waals surface area contributed by atoms with Gasteiger partial charge in [-0.2, -0.15) is 0 Å². The minimum atomic E-state index is -0.681. The van der Waals surface area contributed by atoms with Crippen molar-refractivity contribution in [3.63, 3.8) is 0 Å². The van der Waals surface area contributed by atoms with Crippen molar-refractivity contribution < 1.29 is 13.2 Å². The van der Waals surface area contributed by atoms with Gasteiger partial charge in [0.05, 0.1) is 23.6 Å². The Morgan fingerprint density at radius 1 is 1.12 bits per heavy atom. The number of hydrogen-bond donors (Lipinski definition) is 1. The number of pyridine rings is 1. The number of nitrogens with two attached hydrogens (primary N) is 1. The van der Waals surface area contributed by atoms with Gasteiger partial charge in [-0.25, -0.2) is 9.37 Å². The lowest BCUT2D eigenvalue weighted by Crippen LogP contribution is -2.23. The Balaban J connectivity index is 0.00000228. The van der Waals surface area contributed by atoms with Crippen LogP contribution in [0.15, 0.2) is 64.2 Å². The SMILES string of the molecule is CCC(CC)n1cc(-c2cnc(C)c(-c3cc(-c4cccc(C(N)CF)c4)no3)n2)ccc1=O.[HH].[HH].[HH]. The number of aryl methyl sites for hydroxylation is 1. The second kappa shape index (κ2) is 10.1. The van der Waals surface area contributed by atoms with Gasteiger partial charge in [-0.3, -0.25) is 9.78 Å². The van der Waals surface area contributed by atoms with E-state index in [4.69, 9.17) is 15.2 Å². The summed E-state index contributed by atoms with van der Waals surface area (Å²) in [5, 5.41) is 4.18. The Morgan fingerprint density at radius 2 is 1.91 bits per heavy atom. The molecule has 8 heteroatoms. The topological polar surface area (TPSA) is 99.8 Å². The fourth-order valence-electron chi connectivity index (χ4n) is 3.98. The first kappa shape index (κ1) is 23.5. The third-order valence-electron chi connectivity index (χ3n) is 6.05. The highest BCUT2D eigenvalue weighted by atomic mass is 19.1. The predicted octanol–water partition coefficient (Wildman–Crippen LogP) is 6.00. The van der Waals surface area contributed by atoms with E-state index in [1.807, 2.05) is 31.3 Å². The van der Waals surface area contributed by atoms with Crippen molar-refractivity contribution in [3.05, 3.63) is 76.5 Å². The van der Waals surface area contributed by atoms with Crippen molar-refractivity contribution >= 4 is 0 Å². The molecule has 3 aromatic heterocycles. The summed E-state index contributed by atoms with van der Waals surface area (Å²) >= 11 is 0. The molecule has 0 aliphatic carbocycles. The number of halogens is 1. The average Bonchev–Trinajstić information content (AvgIpc) is 3.36. The van der Waals surface area contributed by atoms with Crippen LogP contribution >= 0.6 is 0 Å². The Hall–Kier alpha value is -3.65. The maximum atomic E-state index is 13.0. The van der Waals surface area contributed by atoms with Crippen LogP contribution in [0.2, 0.25) is 0 Å². The van der Waals surface area contributed by atoms with Crippen LogP contribution < -0.4 is 11.3 Å². The van der Waals surface area contributed by atoms with Crippen LogP contribution in [0.3, 0.4) is 0 Å². The Kier molecular flexibility index (Phi) is 6.98. The number of benzene rings is 1. The van der Waals surface area contributed by atoms with Gasteiger partial charge in [-0.15, -0.1) is 0 Å². The molecule has 4 aromatic rings. The van der Waals surface area contributed by atoms with E-state index in [1.54, 1.807) is 35.0 Å². The van der Waals surface area contributed by atoms with E-state index >= 15 is 0 Å². The second-order valence-corrected chi connectivity index (χ2v) is 8.29. The Labute approximate surface area is 201 Å². The number of rotatable bonds is 8. The van der Waals surface area contributed by atoms with Gasteiger partial charge in [0.15, 0.2) is 5.76 Å².